The van der Waals surface area contributed by atoms with Crippen molar-refractivity contribution in [2.24, 2.45) is 0 Å². The largest absolute Gasteiger partial charge is 0.545 e. The Bertz CT molecular complexity index is 746. The third-order valence-corrected chi connectivity index (χ3v) is 2.84. The van der Waals surface area contributed by atoms with Crippen molar-refractivity contribution >= 4 is 38.8 Å². The highest BCUT2D eigenvalue weighted by atomic mass is 79.9. The molecule has 2 rings (SSSR count). The standard InChI is InChI=1S/C13H9BrO6/c1-6(14)12(17)19-8-3-2-7-4-9(11(15)16)13(18)20-10(7)5-8/h2-6H,1H3,(H,15,16)/p-1. The molecule has 0 N–H and O–H groups in total. The molecule has 7 heteroatoms. The number of halogens is 1. The van der Waals surface area contributed by atoms with Gasteiger partial charge in [0.2, 0.25) is 0 Å². The Morgan fingerprint density at radius 2 is 2.05 bits per heavy atom. The molecule has 0 bridgehead atoms. The molecule has 2 aromatic rings. The molecular formula is C13H8BrO6-. The Hall–Kier alpha value is -2.15. The molecule has 0 saturated carbocycles. The molecule has 0 aliphatic heterocycles. The minimum atomic E-state index is -1.61. The van der Waals surface area contributed by atoms with Gasteiger partial charge < -0.3 is 19.1 Å². The van der Waals surface area contributed by atoms with Gasteiger partial charge in [0.05, 0.1) is 11.5 Å². The molecule has 0 fully saturated rings. The maximum Gasteiger partial charge on any atom is 0.345 e. The van der Waals surface area contributed by atoms with E-state index in [0.29, 0.717) is 5.39 Å². The average molecular weight is 340 g/mol. The highest BCUT2D eigenvalue weighted by molar-refractivity contribution is 9.10. The third-order valence-electron chi connectivity index (χ3n) is 2.47. The van der Waals surface area contributed by atoms with E-state index in [1.807, 2.05) is 0 Å². The third kappa shape index (κ3) is 2.88. The fourth-order valence-corrected chi connectivity index (χ4v) is 1.59. The average Bonchev–Trinajstić information content (AvgIpc) is 2.37. The van der Waals surface area contributed by atoms with Crippen LogP contribution in [-0.4, -0.2) is 16.8 Å². The van der Waals surface area contributed by atoms with Crippen LogP contribution in [0.2, 0.25) is 0 Å². The van der Waals surface area contributed by atoms with Crippen molar-refractivity contribution in [2.45, 2.75) is 11.8 Å². The van der Waals surface area contributed by atoms with E-state index in [-0.39, 0.29) is 11.3 Å². The van der Waals surface area contributed by atoms with Crippen molar-refractivity contribution in [1.82, 2.24) is 0 Å². The molecule has 1 aromatic heterocycles. The Kier molecular flexibility index (Phi) is 3.89. The lowest BCUT2D eigenvalue weighted by molar-refractivity contribution is -0.255. The second-order valence-electron chi connectivity index (χ2n) is 3.97. The van der Waals surface area contributed by atoms with Gasteiger partial charge in [0.1, 0.15) is 16.2 Å². The molecule has 1 atom stereocenters. The van der Waals surface area contributed by atoms with E-state index in [1.54, 1.807) is 6.92 Å². The first-order valence-corrected chi connectivity index (χ1v) is 6.45. The molecule has 0 radical (unpaired) electrons. The zero-order valence-electron chi connectivity index (χ0n) is 10.2. The Morgan fingerprint density at radius 3 is 2.65 bits per heavy atom. The van der Waals surface area contributed by atoms with Crippen LogP contribution in [0.5, 0.6) is 5.75 Å². The van der Waals surface area contributed by atoms with Gasteiger partial charge in [0, 0.05) is 11.5 Å². The Morgan fingerprint density at radius 1 is 1.35 bits per heavy atom. The van der Waals surface area contributed by atoms with E-state index in [1.165, 1.54) is 18.2 Å². The Balaban J connectivity index is 2.45. The van der Waals surface area contributed by atoms with E-state index in [4.69, 9.17) is 9.15 Å². The number of rotatable bonds is 3. The van der Waals surface area contributed by atoms with Crippen LogP contribution >= 0.6 is 15.9 Å². The second-order valence-corrected chi connectivity index (χ2v) is 5.35. The predicted molar refractivity (Wildman–Crippen MR) is 70.8 cm³/mol. The molecule has 0 amide bonds. The zero-order valence-corrected chi connectivity index (χ0v) is 11.8. The van der Waals surface area contributed by atoms with Crippen molar-refractivity contribution in [3.8, 4) is 5.75 Å². The molecule has 20 heavy (non-hydrogen) atoms. The summed E-state index contributed by atoms with van der Waals surface area (Å²) < 4.78 is 9.88. The molecule has 0 saturated heterocycles. The van der Waals surface area contributed by atoms with E-state index in [9.17, 15) is 19.5 Å². The summed E-state index contributed by atoms with van der Waals surface area (Å²) in [4.78, 5) is 33.1. The van der Waals surface area contributed by atoms with Gasteiger partial charge in [-0.3, -0.25) is 4.79 Å². The van der Waals surface area contributed by atoms with Crippen molar-refractivity contribution in [2.75, 3.05) is 0 Å². The smallest absolute Gasteiger partial charge is 0.345 e. The zero-order chi connectivity index (χ0) is 14.9. The number of esters is 1. The highest BCUT2D eigenvalue weighted by Gasteiger charge is 2.13. The molecule has 6 nitrogen and oxygen atoms in total. The van der Waals surface area contributed by atoms with Crippen LogP contribution in [0.1, 0.15) is 17.3 Å². The van der Waals surface area contributed by atoms with Crippen LogP contribution in [0.3, 0.4) is 0 Å². The van der Waals surface area contributed by atoms with Crippen LogP contribution in [0.4, 0.5) is 0 Å². The van der Waals surface area contributed by atoms with Gasteiger partial charge in [-0.2, -0.15) is 0 Å². The lowest BCUT2D eigenvalue weighted by Gasteiger charge is -2.07. The van der Waals surface area contributed by atoms with Crippen LogP contribution < -0.4 is 15.5 Å². The van der Waals surface area contributed by atoms with Crippen LogP contribution in [0, 0.1) is 0 Å². The van der Waals surface area contributed by atoms with Crippen LogP contribution in [0.15, 0.2) is 33.5 Å². The van der Waals surface area contributed by atoms with Gasteiger partial charge in [-0.15, -0.1) is 0 Å². The highest BCUT2D eigenvalue weighted by Crippen LogP contribution is 2.21. The fourth-order valence-electron chi connectivity index (χ4n) is 1.49. The van der Waals surface area contributed by atoms with E-state index < -0.39 is 28.0 Å². The number of fused-ring (bicyclic) bond motifs is 1. The summed E-state index contributed by atoms with van der Waals surface area (Å²) in [6.07, 6.45) is 0. The summed E-state index contributed by atoms with van der Waals surface area (Å²) in [6.45, 7) is 1.61. The first-order chi connectivity index (χ1) is 9.38. The van der Waals surface area contributed by atoms with Gasteiger partial charge in [0.15, 0.2) is 0 Å². The normalized spacial score (nSPS) is 12.1. The summed E-state index contributed by atoms with van der Waals surface area (Å²) in [5.74, 6) is -1.92. The number of carboxylic acids is 1. The molecule has 0 aliphatic carbocycles. The second kappa shape index (κ2) is 5.46. The van der Waals surface area contributed by atoms with E-state index in [2.05, 4.69) is 15.9 Å². The number of aromatic carboxylic acids is 1. The summed E-state index contributed by atoms with van der Waals surface area (Å²) >= 11 is 3.06. The van der Waals surface area contributed by atoms with Gasteiger partial charge in [-0.25, -0.2) is 4.79 Å². The van der Waals surface area contributed by atoms with Gasteiger partial charge >= 0.3 is 11.6 Å². The molecule has 1 aromatic carbocycles. The maximum absolute atomic E-state index is 11.4. The number of carboxylic acid groups (broad SMARTS) is 1. The molecule has 0 aliphatic rings. The number of carbonyl (C=O) groups excluding carboxylic acids is 2. The first kappa shape index (κ1) is 14.3. The molecule has 1 heterocycles. The molecule has 104 valence electrons. The van der Waals surface area contributed by atoms with Crippen molar-refractivity contribution in [1.29, 1.82) is 0 Å². The van der Waals surface area contributed by atoms with Crippen LogP contribution in [0.25, 0.3) is 11.0 Å². The van der Waals surface area contributed by atoms with Gasteiger partial charge in [0.25, 0.3) is 0 Å². The fraction of sp³-hybridized carbons (Fsp3) is 0.154. The number of alkyl halides is 1. The number of carbonyl (C=O) groups is 2. The first-order valence-electron chi connectivity index (χ1n) is 5.53. The number of ether oxygens (including phenoxy) is 1. The lowest BCUT2D eigenvalue weighted by atomic mass is 10.2. The number of hydrogen-bond acceptors (Lipinski definition) is 6. The quantitative estimate of drug-likeness (QED) is 0.356. The summed E-state index contributed by atoms with van der Waals surface area (Å²) in [7, 11) is 0. The minimum Gasteiger partial charge on any atom is -0.545 e. The summed E-state index contributed by atoms with van der Waals surface area (Å²) in [5, 5.41) is 11.1. The Labute approximate surface area is 121 Å². The van der Waals surface area contributed by atoms with Crippen LogP contribution in [-0.2, 0) is 4.79 Å². The lowest BCUT2D eigenvalue weighted by Crippen LogP contribution is -2.28. The van der Waals surface area contributed by atoms with Gasteiger partial charge in [-0.05, 0) is 25.1 Å². The predicted octanol–water partition coefficient (Wildman–Crippen LogP) is 0.845. The summed E-state index contributed by atoms with van der Waals surface area (Å²) in [5.41, 5.74) is -1.46. The van der Waals surface area contributed by atoms with Crippen molar-refractivity contribution in [3.63, 3.8) is 0 Å². The van der Waals surface area contributed by atoms with E-state index in [0.717, 1.165) is 6.07 Å². The topological polar surface area (TPSA) is 96.6 Å². The van der Waals surface area contributed by atoms with E-state index >= 15 is 0 Å². The number of benzene rings is 1. The molecular weight excluding hydrogens is 332 g/mol. The van der Waals surface area contributed by atoms with Gasteiger partial charge in [-0.1, -0.05) is 15.9 Å². The maximum atomic E-state index is 11.4. The van der Waals surface area contributed by atoms with Crippen molar-refractivity contribution < 1.29 is 23.8 Å². The number of hydrogen-bond donors (Lipinski definition) is 0. The minimum absolute atomic E-state index is 0.118. The monoisotopic (exact) mass is 339 g/mol. The van der Waals surface area contributed by atoms with Crippen molar-refractivity contribution in [3.05, 3.63) is 40.2 Å². The SMILES string of the molecule is CC(Br)C(=O)Oc1ccc2cc(C(=O)[O-])c(=O)oc2c1. The summed E-state index contributed by atoms with van der Waals surface area (Å²) in [6, 6.07) is 5.43. The molecule has 1 unspecified atom stereocenters. The molecule has 0 spiro atoms.